The van der Waals surface area contributed by atoms with Gasteiger partial charge in [-0.3, -0.25) is 9.78 Å². The van der Waals surface area contributed by atoms with Crippen molar-refractivity contribution in [1.82, 2.24) is 15.6 Å². The van der Waals surface area contributed by atoms with Crippen LogP contribution in [0, 0.1) is 17.1 Å². The number of ketones is 1. The summed E-state index contributed by atoms with van der Waals surface area (Å²) in [4.78, 5) is 31.0. The van der Waals surface area contributed by atoms with Gasteiger partial charge in [-0.05, 0) is 59.9 Å². The summed E-state index contributed by atoms with van der Waals surface area (Å²) in [6.07, 6.45) is 0.966. The summed E-state index contributed by atoms with van der Waals surface area (Å²) in [6.45, 7) is 1.59. The van der Waals surface area contributed by atoms with Crippen LogP contribution in [0.15, 0.2) is 97.2 Å². The van der Waals surface area contributed by atoms with E-state index < -0.39 is 23.9 Å². The Labute approximate surface area is 273 Å². The Balaban J connectivity index is 1.29. The van der Waals surface area contributed by atoms with E-state index >= 15 is 0 Å². The standard InChI is InChI=1S/C37H37FN4O5/c1-45-37(44)42-36(35(26-8-4-2-5-9-26)27-10-6-3-7-11-27)34(43)19-28-18-29(38)21-41-33(28)17-16-31-22-40-23-32(47-31)24-46-30-14-12-25(20-39)13-15-30/h2-15,18,21,31-32,35-36,40H,16-17,19,22-24H2,1H3,(H,42,44)/t31-,32+,36-/m1/s1. The van der Waals surface area contributed by atoms with Crippen molar-refractivity contribution >= 4 is 11.9 Å². The van der Waals surface area contributed by atoms with E-state index in [0.717, 1.165) is 17.3 Å². The van der Waals surface area contributed by atoms with Crippen LogP contribution in [0.4, 0.5) is 9.18 Å². The van der Waals surface area contributed by atoms with Crippen LogP contribution in [0.25, 0.3) is 0 Å². The highest BCUT2D eigenvalue weighted by Crippen LogP contribution is 2.30. The van der Waals surface area contributed by atoms with Gasteiger partial charge in [-0.25, -0.2) is 9.18 Å². The number of aromatic nitrogens is 1. The van der Waals surface area contributed by atoms with E-state index in [1.165, 1.54) is 13.2 Å². The molecule has 3 aromatic carbocycles. The van der Waals surface area contributed by atoms with Crippen molar-refractivity contribution in [2.24, 2.45) is 0 Å². The van der Waals surface area contributed by atoms with Crippen molar-refractivity contribution in [3.8, 4) is 11.8 Å². The molecule has 0 aliphatic carbocycles. The van der Waals surface area contributed by atoms with Crippen molar-refractivity contribution in [1.29, 1.82) is 5.26 Å². The summed E-state index contributed by atoms with van der Waals surface area (Å²) < 4.78 is 31.6. The fourth-order valence-corrected chi connectivity index (χ4v) is 5.77. The smallest absolute Gasteiger partial charge is 0.407 e. The monoisotopic (exact) mass is 636 g/mol. The minimum absolute atomic E-state index is 0.143. The predicted octanol–water partition coefficient (Wildman–Crippen LogP) is 5.13. The van der Waals surface area contributed by atoms with Gasteiger partial charge in [0, 0.05) is 31.1 Å². The first-order chi connectivity index (χ1) is 22.9. The van der Waals surface area contributed by atoms with E-state index in [2.05, 4.69) is 21.7 Å². The summed E-state index contributed by atoms with van der Waals surface area (Å²) >= 11 is 0. The van der Waals surface area contributed by atoms with Gasteiger partial charge in [0.2, 0.25) is 0 Å². The maximum absolute atomic E-state index is 14.5. The van der Waals surface area contributed by atoms with Crippen molar-refractivity contribution < 1.29 is 28.2 Å². The van der Waals surface area contributed by atoms with Gasteiger partial charge in [0.25, 0.3) is 0 Å². The maximum Gasteiger partial charge on any atom is 0.407 e. The number of morpholine rings is 1. The number of alkyl carbamates (subject to hydrolysis) is 1. The van der Waals surface area contributed by atoms with Gasteiger partial charge in [-0.1, -0.05) is 60.7 Å². The molecule has 0 unspecified atom stereocenters. The number of hydrogen-bond donors (Lipinski definition) is 2. The molecule has 0 saturated carbocycles. The number of halogens is 1. The van der Waals surface area contributed by atoms with Crippen molar-refractivity contribution in [2.75, 3.05) is 26.8 Å². The second-order valence-corrected chi connectivity index (χ2v) is 11.3. The number of nitrogens with one attached hydrogen (secondary N) is 2. The van der Waals surface area contributed by atoms with E-state index in [0.29, 0.717) is 55.1 Å². The normalized spacial score (nSPS) is 16.6. The number of benzene rings is 3. The minimum Gasteiger partial charge on any atom is -0.491 e. The van der Waals surface area contributed by atoms with Crippen molar-refractivity contribution in [2.45, 2.75) is 43.4 Å². The van der Waals surface area contributed by atoms with Gasteiger partial charge in [-0.15, -0.1) is 0 Å². The molecule has 3 atom stereocenters. The number of rotatable bonds is 13. The number of carbonyl (C=O) groups is 2. The number of amides is 1. The number of nitriles is 1. The Morgan fingerprint density at radius 2 is 1.68 bits per heavy atom. The van der Waals surface area contributed by atoms with Gasteiger partial charge in [0.05, 0.1) is 31.0 Å². The Kier molecular flexibility index (Phi) is 11.6. The fourth-order valence-electron chi connectivity index (χ4n) is 5.77. The van der Waals surface area contributed by atoms with Crippen LogP contribution in [-0.4, -0.2) is 61.9 Å². The molecular formula is C37H37FN4O5. The van der Waals surface area contributed by atoms with Crippen molar-refractivity contribution in [3.05, 3.63) is 131 Å². The number of pyridine rings is 1. The zero-order valence-electron chi connectivity index (χ0n) is 26.1. The lowest BCUT2D eigenvalue weighted by Crippen LogP contribution is -2.47. The molecule has 2 N–H and O–H groups in total. The molecule has 10 heteroatoms. The quantitative estimate of drug-likeness (QED) is 0.207. The molecule has 1 aliphatic heterocycles. The molecule has 0 spiro atoms. The summed E-state index contributed by atoms with van der Waals surface area (Å²) in [6, 6.07) is 28.3. The molecule has 242 valence electrons. The molecule has 1 amide bonds. The van der Waals surface area contributed by atoms with E-state index in [1.54, 1.807) is 24.3 Å². The van der Waals surface area contributed by atoms with E-state index in [9.17, 15) is 14.0 Å². The van der Waals surface area contributed by atoms with E-state index in [4.69, 9.17) is 19.5 Å². The zero-order chi connectivity index (χ0) is 33.0. The molecule has 1 aliphatic rings. The topological polar surface area (TPSA) is 123 Å². The number of ether oxygens (including phenoxy) is 3. The van der Waals surface area contributed by atoms with E-state index in [1.807, 2.05) is 60.7 Å². The third-order valence-electron chi connectivity index (χ3n) is 8.10. The summed E-state index contributed by atoms with van der Waals surface area (Å²) in [5, 5.41) is 15.1. The molecule has 1 aromatic heterocycles. The molecule has 1 saturated heterocycles. The highest BCUT2D eigenvalue weighted by Gasteiger charge is 2.33. The number of methoxy groups -OCH3 is 1. The predicted molar refractivity (Wildman–Crippen MR) is 173 cm³/mol. The lowest BCUT2D eigenvalue weighted by Gasteiger charge is -2.31. The van der Waals surface area contributed by atoms with Crippen molar-refractivity contribution in [3.63, 3.8) is 0 Å². The fraction of sp³-hybridized carbons (Fsp3) is 0.297. The number of nitrogens with zero attached hydrogens (tertiary/aromatic N) is 2. The maximum atomic E-state index is 14.5. The Bertz CT molecular complexity index is 1620. The van der Waals surface area contributed by atoms with Crippen LogP contribution in [0.3, 0.4) is 0 Å². The average Bonchev–Trinajstić information content (AvgIpc) is 3.11. The van der Waals surface area contributed by atoms with Crippen LogP contribution in [-0.2, 0) is 27.1 Å². The van der Waals surface area contributed by atoms with Crippen LogP contribution < -0.4 is 15.4 Å². The largest absolute Gasteiger partial charge is 0.491 e. The van der Waals surface area contributed by atoms with E-state index in [-0.39, 0.29) is 24.4 Å². The van der Waals surface area contributed by atoms with Gasteiger partial charge in [-0.2, -0.15) is 5.26 Å². The van der Waals surface area contributed by atoms with Gasteiger partial charge in [0.1, 0.15) is 30.3 Å². The number of Topliss-reactive ketones (excluding diaryl/α,β-unsaturated/α-hetero) is 1. The average molecular weight is 637 g/mol. The Morgan fingerprint density at radius 1 is 1.02 bits per heavy atom. The molecule has 5 rings (SSSR count). The molecule has 2 heterocycles. The Morgan fingerprint density at radius 3 is 2.32 bits per heavy atom. The van der Waals surface area contributed by atoms with Crippen LogP contribution in [0.5, 0.6) is 5.75 Å². The molecule has 1 fully saturated rings. The van der Waals surface area contributed by atoms with Gasteiger partial charge in [0.15, 0.2) is 5.78 Å². The third kappa shape index (κ3) is 9.22. The molecule has 0 radical (unpaired) electrons. The molecular weight excluding hydrogens is 599 g/mol. The SMILES string of the molecule is COC(=O)N[C@H](C(=O)Cc1cc(F)cnc1CC[C@@H]1CNC[C@@H](COc2ccc(C#N)cc2)O1)C(c1ccccc1)c1ccccc1. The van der Waals surface area contributed by atoms with Gasteiger partial charge < -0.3 is 24.8 Å². The lowest BCUT2D eigenvalue weighted by molar-refractivity contribution is -0.120. The highest BCUT2D eigenvalue weighted by atomic mass is 19.1. The highest BCUT2D eigenvalue weighted by molar-refractivity contribution is 5.90. The molecule has 9 nitrogen and oxygen atoms in total. The summed E-state index contributed by atoms with van der Waals surface area (Å²) in [7, 11) is 1.25. The minimum atomic E-state index is -0.994. The molecule has 47 heavy (non-hydrogen) atoms. The third-order valence-corrected chi connectivity index (χ3v) is 8.10. The van der Waals surface area contributed by atoms with Crippen LogP contribution >= 0.6 is 0 Å². The molecule has 4 aromatic rings. The number of hydrogen-bond acceptors (Lipinski definition) is 8. The first-order valence-corrected chi connectivity index (χ1v) is 15.5. The van der Waals surface area contributed by atoms with Gasteiger partial charge >= 0.3 is 6.09 Å². The second kappa shape index (κ2) is 16.5. The first kappa shape index (κ1) is 33.3. The van der Waals surface area contributed by atoms with Crippen LogP contribution in [0.1, 0.15) is 40.3 Å². The first-order valence-electron chi connectivity index (χ1n) is 15.5. The Hall–Kier alpha value is -5.11. The summed E-state index contributed by atoms with van der Waals surface area (Å²) in [5.74, 6) is -0.718. The second-order valence-electron chi connectivity index (χ2n) is 11.3. The van der Waals surface area contributed by atoms with Crippen LogP contribution in [0.2, 0.25) is 0 Å². The number of carbonyl (C=O) groups excluding carboxylic acids is 2. The lowest BCUT2D eigenvalue weighted by atomic mass is 9.81. The zero-order valence-corrected chi connectivity index (χ0v) is 26.1. The number of aryl methyl sites for hydroxylation is 1. The molecule has 0 bridgehead atoms. The summed E-state index contributed by atoms with van der Waals surface area (Å²) in [5.41, 5.74) is 3.28.